The molecule has 1 unspecified atom stereocenters. The van der Waals surface area contributed by atoms with Crippen LogP contribution in [-0.2, 0) is 6.42 Å². The molecule has 1 heterocycles. The van der Waals surface area contributed by atoms with Crippen molar-refractivity contribution >= 4 is 15.9 Å². The average Bonchev–Trinajstić information content (AvgIpc) is 2.49. The molecule has 0 aromatic heterocycles. The zero-order valence-corrected chi connectivity index (χ0v) is 12.5. The molecule has 1 atom stereocenters. The van der Waals surface area contributed by atoms with Crippen molar-refractivity contribution in [3.8, 4) is 11.5 Å². The minimum Gasteiger partial charge on any atom is -0.486 e. The summed E-state index contributed by atoms with van der Waals surface area (Å²) in [4.78, 5) is 0. The average molecular weight is 335 g/mol. The van der Waals surface area contributed by atoms with Gasteiger partial charge in [0.15, 0.2) is 11.5 Å². The third-order valence-corrected chi connectivity index (χ3v) is 4.10. The van der Waals surface area contributed by atoms with E-state index < -0.39 is 6.10 Å². The van der Waals surface area contributed by atoms with Crippen molar-refractivity contribution in [2.75, 3.05) is 13.2 Å². The lowest BCUT2D eigenvalue weighted by atomic mass is 10.0. The molecule has 0 amide bonds. The molecule has 20 heavy (non-hydrogen) atoms. The van der Waals surface area contributed by atoms with E-state index in [0.29, 0.717) is 25.4 Å². The fraction of sp³-hybridized carbons (Fsp3) is 0.250. The third kappa shape index (κ3) is 2.81. The molecule has 1 aliphatic heterocycles. The van der Waals surface area contributed by atoms with Crippen molar-refractivity contribution in [2.24, 2.45) is 0 Å². The number of rotatable bonds is 3. The van der Waals surface area contributed by atoms with Gasteiger partial charge in [0.05, 0.1) is 6.10 Å². The normalized spacial score (nSPS) is 14.9. The molecule has 0 aliphatic carbocycles. The molecule has 3 rings (SSSR count). The number of fused-ring (bicyclic) bond motifs is 1. The van der Waals surface area contributed by atoms with Gasteiger partial charge in [0.25, 0.3) is 0 Å². The molecule has 104 valence electrons. The molecule has 0 fully saturated rings. The molecule has 1 N–H and O–H groups in total. The zero-order valence-electron chi connectivity index (χ0n) is 10.9. The topological polar surface area (TPSA) is 38.7 Å². The van der Waals surface area contributed by atoms with Crippen molar-refractivity contribution in [2.45, 2.75) is 12.5 Å². The summed E-state index contributed by atoms with van der Waals surface area (Å²) in [6, 6.07) is 13.5. The van der Waals surface area contributed by atoms with Crippen LogP contribution in [0.4, 0.5) is 0 Å². The standard InChI is InChI=1S/C16H15BrO3/c17-13-4-2-1-3-11(13)9-14(18)12-5-6-15-16(10-12)20-8-7-19-15/h1-6,10,14,18H,7-9H2. The van der Waals surface area contributed by atoms with Crippen LogP contribution in [0.25, 0.3) is 0 Å². The lowest BCUT2D eigenvalue weighted by molar-refractivity contribution is 0.164. The molecule has 0 saturated heterocycles. The minimum absolute atomic E-state index is 0.552. The van der Waals surface area contributed by atoms with Crippen molar-refractivity contribution in [3.63, 3.8) is 0 Å². The first kappa shape index (κ1) is 13.5. The molecule has 3 nitrogen and oxygen atoms in total. The summed E-state index contributed by atoms with van der Waals surface area (Å²) in [7, 11) is 0. The Balaban J connectivity index is 1.80. The largest absolute Gasteiger partial charge is 0.486 e. The predicted octanol–water partition coefficient (Wildman–Crippen LogP) is 3.50. The van der Waals surface area contributed by atoms with Crippen molar-refractivity contribution in [3.05, 3.63) is 58.1 Å². The highest BCUT2D eigenvalue weighted by atomic mass is 79.9. The Morgan fingerprint density at radius 3 is 2.60 bits per heavy atom. The lowest BCUT2D eigenvalue weighted by Gasteiger charge is -2.20. The summed E-state index contributed by atoms with van der Waals surface area (Å²) in [5.74, 6) is 1.45. The Bertz CT molecular complexity index is 612. The van der Waals surface area contributed by atoms with Crippen LogP contribution in [0.3, 0.4) is 0 Å². The smallest absolute Gasteiger partial charge is 0.161 e. The van der Waals surface area contributed by atoms with E-state index >= 15 is 0 Å². The van der Waals surface area contributed by atoms with Crippen molar-refractivity contribution < 1.29 is 14.6 Å². The summed E-state index contributed by atoms with van der Waals surface area (Å²) in [6.45, 7) is 1.13. The van der Waals surface area contributed by atoms with E-state index in [9.17, 15) is 5.11 Å². The first-order valence-corrected chi connectivity index (χ1v) is 7.34. The molecule has 4 heteroatoms. The number of hydrogen-bond acceptors (Lipinski definition) is 3. The Kier molecular flexibility index (Phi) is 3.94. The Hall–Kier alpha value is -1.52. The van der Waals surface area contributed by atoms with Crippen LogP contribution in [0.1, 0.15) is 17.2 Å². The van der Waals surface area contributed by atoms with Crippen LogP contribution < -0.4 is 9.47 Å². The van der Waals surface area contributed by atoms with Gasteiger partial charge in [0.2, 0.25) is 0 Å². The van der Waals surface area contributed by atoms with Crippen LogP contribution in [0, 0.1) is 0 Å². The van der Waals surface area contributed by atoms with Gasteiger partial charge >= 0.3 is 0 Å². The van der Waals surface area contributed by atoms with Gasteiger partial charge in [-0.2, -0.15) is 0 Å². The molecule has 2 aromatic rings. The van der Waals surface area contributed by atoms with Gasteiger partial charge in [-0.1, -0.05) is 40.2 Å². The Labute approximate surface area is 126 Å². The summed E-state index contributed by atoms with van der Waals surface area (Å²) in [5.41, 5.74) is 1.92. The third-order valence-electron chi connectivity index (χ3n) is 3.32. The Morgan fingerprint density at radius 1 is 1.05 bits per heavy atom. The number of benzene rings is 2. The quantitative estimate of drug-likeness (QED) is 0.933. The van der Waals surface area contributed by atoms with Crippen LogP contribution in [0.15, 0.2) is 46.9 Å². The van der Waals surface area contributed by atoms with Gasteiger partial charge in [-0.05, 0) is 29.3 Å². The zero-order chi connectivity index (χ0) is 13.9. The predicted molar refractivity (Wildman–Crippen MR) is 80.2 cm³/mol. The lowest BCUT2D eigenvalue weighted by Crippen LogP contribution is -2.15. The van der Waals surface area contributed by atoms with Crippen molar-refractivity contribution in [1.29, 1.82) is 0 Å². The van der Waals surface area contributed by atoms with E-state index in [4.69, 9.17) is 9.47 Å². The van der Waals surface area contributed by atoms with Crippen LogP contribution in [0.2, 0.25) is 0 Å². The number of ether oxygens (including phenoxy) is 2. The van der Waals surface area contributed by atoms with E-state index in [2.05, 4.69) is 15.9 Å². The molecule has 0 saturated carbocycles. The maximum absolute atomic E-state index is 10.4. The molecular weight excluding hydrogens is 320 g/mol. The number of aliphatic hydroxyl groups is 1. The second kappa shape index (κ2) is 5.85. The molecule has 2 aromatic carbocycles. The SMILES string of the molecule is OC(Cc1ccccc1Br)c1ccc2c(c1)OCCO2. The number of hydrogen-bond donors (Lipinski definition) is 1. The van der Waals surface area contributed by atoms with Gasteiger partial charge in [0, 0.05) is 10.9 Å². The molecule has 1 aliphatic rings. The second-order valence-electron chi connectivity index (χ2n) is 4.71. The first-order chi connectivity index (χ1) is 9.74. The highest BCUT2D eigenvalue weighted by molar-refractivity contribution is 9.10. The van der Waals surface area contributed by atoms with Gasteiger partial charge in [-0.25, -0.2) is 0 Å². The molecular formula is C16H15BrO3. The van der Waals surface area contributed by atoms with Gasteiger partial charge in [0.1, 0.15) is 13.2 Å². The highest BCUT2D eigenvalue weighted by Crippen LogP contribution is 2.33. The number of aliphatic hydroxyl groups excluding tert-OH is 1. The molecule has 0 radical (unpaired) electrons. The second-order valence-corrected chi connectivity index (χ2v) is 5.57. The van der Waals surface area contributed by atoms with E-state index in [1.165, 1.54) is 0 Å². The molecule has 0 spiro atoms. The van der Waals surface area contributed by atoms with Crippen LogP contribution in [0.5, 0.6) is 11.5 Å². The van der Waals surface area contributed by atoms with E-state index in [0.717, 1.165) is 21.3 Å². The minimum atomic E-state index is -0.565. The molecule has 0 bridgehead atoms. The van der Waals surface area contributed by atoms with E-state index in [1.54, 1.807) is 0 Å². The fourth-order valence-electron chi connectivity index (χ4n) is 2.26. The van der Waals surface area contributed by atoms with E-state index in [1.807, 2.05) is 42.5 Å². The van der Waals surface area contributed by atoms with Crippen LogP contribution >= 0.6 is 15.9 Å². The monoisotopic (exact) mass is 334 g/mol. The van der Waals surface area contributed by atoms with Gasteiger partial charge in [-0.3, -0.25) is 0 Å². The fourth-order valence-corrected chi connectivity index (χ4v) is 2.70. The van der Waals surface area contributed by atoms with E-state index in [-0.39, 0.29) is 0 Å². The maximum Gasteiger partial charge on any atom is 0.161 e. The summed E-state index contributed by atoms with van der Waals surface area (Å²) < 4.78 is 12.0. The van der Waals surface area contributed by atoms with Gasteiger partial charge in [-0.15, -0.1) is 0 Å². The summed E-state index contributed by atoms with van der Waals surface area (Å²) >= 11 is 3.50. The highest BCUT2D eigenvalue weighted by Gasteiger charge is 2.16. The first-order valence-electron chi connectivity index (χ1n) is 6.55. The van der Waals surface area contributed by atoms with Crippen LogP contribution in [-0.4, -0.2) is 18.3 Å². The summed E-state index contributed by atoms with van der Waals surface area (Å²) in [6.07, 6.45) is -0.00864. The Morgan fingerprint density at radius 2 is 1.80 bits per heavy atom. The maximum atomic E-state index is 10.4. The number of halogens is 1. The summed E-state index contributed by atoms with van der Waals surface area (Å²) in [5, 5.41) is 10.4. The van der Waals surface area contributed by atoms with Gasteiger partial charge < -0.3 is 14.6 Å². The van der Waals surface area contributed by atoms with Crippen molar-refractivity contribution in [1.82, 2.24) is 0 Å².